The van der Waals surface area contributed by atoms with Crippen LogP contribution in [-0.2, 0) is 15.3 Å². The Morgan fingerprint density at radius 3 is 2.48 bits per heavy atom. The number of carbonyl (C=O) groups is 3. The second-order valence-electron chi connectivity index (χ2n) is 6.83. The number of rotatable bonds is 8. The standard InChI is InChI=1S/C21H24N4O3S/c1-3-21(4-2)19(27)25(20(28)24-21)13-18(26)23-16-7-9-17(10-8-16)29-14-15-6-5-11-22-12-15/h5-12H,3-4,13-14H2,1-2H3,(H,23,26)(H,24,28). The SMILES string of the molecule is CCC1(CC)NC(=O)N(CC(=O)Nc2ccc(SCc3cccnc3)cc2)C1=O. The number of hydrogen-bond acceptors (Lipinski definition) is 5. The predicted molar refractivity (Wildman–Crippen MR) is 112 cm³/mol. The summed E-state index contributed by atoms with van der Waals surface area (Å²) >= 11 is 1.67. The van der Waals surface area contributed by atoms with Crippen molar-refractivity contribution in [1.29, 1.82) is 0 Å². The van der Waals surface area contributed by atoms with Gasteiger partial charge >= 0.3 is 6.03 Å². The highest BCUT2D eigenvalue weighted by molar-refractivity contribution is 7.98. The van der Waals surface area contributed by atoms with Crippen LogP contribution < -0.4 is 10.6 Å². The zero-order valence-electron chi connectivity index (χ0n) is 16.5. The quantitative estimate of drug-likeness (QED) is 0.512. The molecule has 1 aliphatic heterocycles. The Labute approximate surface area is 174 Å². The fourth-order valence-electron chi connectivity index (χ4n) is 3.18. The van der Waals surface area contributed by atoms with Crippen LogP contribution in [0.4, 0.5) is 10.5 Å². The van der Waals surface area contributed by atoms with Gasteiger partial charge in [0.25, 0.3) is 5.91 Å². The lowest BCUT2D eigenvalue weighted by atomic mass is 9.93. The van der Waals surface area contributed by atoms with Crippen LogP contribution in [0.5, 0.6) is 0 Å². The zero-order valence-corrected chi connectivity index (χ0v) is 17.3. The van der Waals surface area contributed by atoms with E-state index in [4.69, 9.17) is 0 Å². The number of aromatic nitrogens is 1. The second kappa shape index (κ2) is 9.09. The van der Waals surface area contributed by atoms with E-state index in [-0.39, 0.29) is 12.5 Å². The minimum Gasteiger partial charge on any atom is -0.325 e. The highest BCUT2D eigenvalue weighted by Gasteiger charge is 2.49. The molecule has 0 aliphatic carbocycles. The van der Waals surface area contributed by atoms with Gasteiger partial charge in [0.15, 0.2) is 0 Å². The molecular weight excluding hydrogens is 388 g/mol. The van der Waals surface area contributed by atoms with Crippen molar-refractivity contribution in [2.24, 2.45) is 0 Å². The van der Waals surface area contributed by atoms with Crippen molar-refractivity contribution in [1.82, 2.24) is 15.2 Å². The highest BCUT2D eigenvalue weighted by Crippen LogP contribution is 2.26. The molecule has 3 rings (SSSR count). The van der Waals surface area contributed by atoms with Gasteiger partial charge in [-0.3, -0.25) is 19.5 Å². The number of benzene rings is 1. The van der Waals surface area contributed by atoms with Gasteiger partial charge in [0.1, 0.15) is 12.1 Å². The van der Waals surface area contributed by atoms with Gasteiger partial charge in [0.2, 0.25) is 5.91 Å². The monoisotopic (exact) mass is 412 g/mol. The molecule has 7 nitrogen and oxygen atoms in total. The normalized spacial score (nSPS) is 15.3. The Bertz CT molecular complexity index is 883. The Morgan fingerprint density at radius 1 is 1.17 bits per heavy atom. The number of urea groups is 1. The summed E-state index contributed by atoms with van der Waals surface area (Å²) in [6.07, 6.45) is 4.56. The van der Waals surface area contributed by atoms with Crippen molar-refractivity contribution in [3.8, 4) is 0 Å². The second-order valence-corrected chi connectivity index (χ2v) is 7.88. The largest absolute Gasteiger partial charge is 0.325 e. The molecule has 0 unspecified atom stereocenters. The van der Waals surface area contributed by atoms with E-state index in [2.05, 4.69) is 15.6 Å². The molecule has 2 N–H and O–H groups in total. The van der Waals surface area contributed by atoms with Gasteiger partial charge in [-0.25, -0.2) is 4.79 Å². The summed E-state index contributed by atoms with van der Waals surface area (Å²) in [5.74, 6) is 0.0552. The van der Waals surface area contributed by atoms with Crippen LogP contribution in [0.3, 0.4) is 0 Å². The van der Waals surface area contributed by atoms with E-state index >= 15 is 0 Å². The minimum atomic E-state index is -0.898. The Balaban J connectivity index is 1.54. The van der Waals surface area contributed by atoms with E-state index in [1.807, 2.05) is 44.3 Å². The average Bonchev–Trinajstić information content (AvgIpc) is 2.98. The average molecular weight is 413 g/mol. The summed E-state index contributed by atoms with van der Waals surface area (Å²) in [5, 5.41) is 5.46. The van der Waals surface area contributed by atoms with Crippen molar-refractivity contribution >= 4 is 35.3 Å². The van der Waals surface area contributed by atoms with Crippen molar-refractivity contribution in [2.45, 2.75) is 42.9 Å². The molecule has 0 bridgehead atoms. The van der Waals surface area contributed by atoms with Gasteiger partial charge in [-0.2, -0.15) is 0 Å². The smallest absolute Gasteiger partial charge is 0.325 e. The first-order valence-electron chi connectivity index (χ1n) is 9.53. The van der Waals surface area contributed by atoms with Crippen LogP contribution in [0, 0.1) is 0 Å². The molecule has 1 saturated heterocycles. The van der Waals surface area contributed by atoms with E-state index in [9.17, 15) is 14.4 Å². The zero-order chi connectivity index (χ0) is 20.9. The number of nitrogens with one attached hydrogen (secondary N) is 2. The number of hydrogen-bond donors (Lipinski definition) is 2. The first kappa shape index (κ1) is 20.9. The first-order chi connectivity index (χ1) is 14.0. The molecular formula is C21H24N4O3S. The van der Waals surface area contributed by atoms with Gasteiger partial charge in [-0.15, -0.1) is 11.8 Å². The van der Waals surface area contributed by atoms with Crippen LogP contribution in [0.15, 0.2) is 53.7 Å². The molecule has 0 saturated carbocycles. The van der Waals surface area contributed by atoms with E-state index in [0.717, 1.165) is 21.1 Å². The van der Waals surface area contributed by atoms with Crippen molar-refractivity contribution in [3.05, 3.63) is 54.4 Å². The maximum absolute atomic E-state index is 12.6. The van der Waals surface area contributed by atoms with Gasteiger partial charge in [0, 0.05) is 28.7 Å². The van der Waals surface area contributed by atoms with Crippen molar-refractivity contribution < 1.29 is 14.4 Å². The van der Waals surface area contributed by atoms with E-state index in [1.165, 1.54) is 0 Å². The first-order valence-corrected chi connectivity index (χ1v) is 10.5. The fraction of sp³-hybridized carbons (Fsp3) is 0.333. The summed E-state index contributed by atoms with van der Waals surface area (Å²) < 4.78 is 0. The molecule has 2 heterocycles. The van der Waals surface area contributed by atoms with Gasteiger partial charge in [0.05, 0.1) is 0 Å². The van der Waals surface area contributed by atoms with Crippen LogP contribution >= 0.6 is 11.8 Å². The van der Waals surface area contributed by atoms with Crippen LogP contribution in [-0.4, -0.2) is 39.8 Å². The van der Waals surface area contributed by atoms with Gasteiger partial charge in [-0.05, 0) is 48.7 Å². The number of carbonyl (C=O) groups excluding carboxylic acids is 3. The molecule has 1 aromatic carbocycles. The number of anilines is 1. The number of thioether (sulfide) groups is 1. The topological polar surface area (TPSA) is 91.4 Å². The Hall–Kier alpha value is -2.87. The third-order valence-corrected chi connectivity index (χ3v) is 6.10. The van der Waals surface area contributed by atoms with E-state index < -0.39 is 17.5 Å². The third kappa shape index (κ3) is 4.76. The lowest BCUT2D eigenvalue weighted by Gasteiger charge is -2.23. The van der Waals surface area contributed by atoms with Crippen molar-refractivity contribution in [3.63, 3.8) is 0 Å². The molecule has 1 aliphatic rings. The number of nitrogens with zero attached hydrogens (tertiary/aromatic N) is 2. The molecule has 8 heteroatoms. The third-order valence-electron chi connectivity index (χ3n) is 5.02. The summed E-state index contributed by atoms with van der Waals surface area (Å²) in [4.78, 5) is 43.2. The molecule has 0 radical (unpaired) electrons. The molecule has 29 heavy (non-hydrogen) atoms. The van der Waals surface area contributed by atoms with Crippen LogP contribution in [0.1, 0.15) is 32.3 Å². The number of imide groups is 1. The Morgan fingerprint density at radius 2 is 1.90 bits per heavy atom. The Kier molecular flexibility index (Phi) is 6.53. The molecule has 1 fully saturated rings. The van der Waals surface area contributed by atoms with Gasteiger partial charge in [-0.1, -0.05) is 19.9 Å². The lowest BCUT2D eigenvalue weighted by Crippen LogP contribution is -2.46. The van der Waals surface area contributed by atoms with E-state index in [0.29, 0.717) is 18.5 Å². The predicted octanol–water partition coefficient (Wildman–Crippen LogP) is 3.42. The highest BCUT2D eigenvalue weighted by atomic mass is 32.2. The number of pyridine rings is 1. The fourth-order valence-corrected chi connectivity index (χ4v) is 4.01. The van der Waals surface area contributed by atoms with Crippen molar-refractivity contribution in [2.75, 3.05) is 11.9 Å². The number of amides is 4. The lowest BCUT2D eigenvalue weighted by molar-refractivity contribution is -0.134. The van der Waals surface area contributed by atoms with E-state index in [1.54, 1.807) is 30.1 Å². The summed E-state index contributed by atoms with van der Waals surface area (Å²) in [5.41, 5.74) is 0.855. The molecule has 4 amide bonds. The maximum atomic E-state index is 12.6. The molecule has 0 atom stereocenters. The minimum absolute atomic E-state index is 0.302. The molecule has 2 aromatic rings. The summed E-state index contributed by atoms with van der Waals surface area (Å²) in [6.45, 7) is 3.39. The summed E-state index contributed by atoms with van der Waals surface area (Å²) in [7, 11) is 0. The molecule has 0 spiro atoms. The molecule has 152 valence electrons. The van der Waals surface area contributed by atoms with Crippen LogP contribution in [0.25, 0.3) is 0 Å². The molecule has 1 aromatic heterocycles. The van der Waals surface area contributed by atoms with Gasteiger partial charge < -0.3 is 10.6 Å². The maximum Gasteiger partial charge on any atom is 0.325 e. The summed E-state index contributed by atoms with van der Waals surface area (Å²) in [6, 6.07) is 10.9. The van der Waals surface area contributed by atoms with Crippen LogP contribution in [0.2, 0.25) is 0 Å².